The molecule has 2 aliphatic rings. The number of urea groups is 1. The van der Waals surface area contributed by atoms with Crippen LogP contribution >= 0.6 is 0 Å². The highest BCUT2D eigenvalue weighted by molar-refractivity contribution is 5.79. The number of hydrogen-bond donors (Lipinski definition) is 1. The van der Waals surface area contributed by atoms with Crippen molar-refractivity contribution in [3.63, 3.8) is 0 Å². The highest BCUT2D eigenvalue weighted by Crippen LogP contribution is 2.26. The van der Waals surface area contributed by atoms with E-state index < -0.39 is 0 Å². The Bertz CT molecular complexity index is 343. The molecule has 3 amide bonds. The zero-order chi connectivity index (χ0) is 14.5. The molecule has 0 unspecified atom stereocenters. The monoisotopic (exact) mass is 281 g/mol. The van der Waals surface area contributed by atoms with Crippen LogP contribution in [-0.2, 0) is 4.79 Å². The second-order valence-corrected chi connectivity index (χ2v) is 6.28. The Labute approximate surface area is 121 Å². The van der Waals surface area contributed by atoms with E-state index in [2.05, 4.69) is 5.32 Å². The lowest BCUT2D eigenvalue weighted by atomic mass is 9.87. The summed E-state index contributed by atoms with van der Waals surface area (Å²) < 4.78 is 0. The third-order valence-corrected chi connectivity index (χ3v) is 4.49. The van der Waals surface area contributed by atoms with Gasteiger partial charge in [-0.1, -0.05) is 19.3 Å². The Kier molecular flexibility index (Phi) is 5.26. The third-order valence-electron chi connectivity index (χ3n) is 4.49. The van der Waals surface area contributed by atoms with Gasteiger partial charge in [-0.25, -0.2) is 4.79 Å². The van der Waals surface area contributed by atoms with E-state index >= 15 is 0 Å². The number of likely N-dealkylation sites (tertiary alicyclic amines) is 1. The number of carbonyl (C=O) groups excluding carboxylic acids is 2. The lowest BCUT2D eigenvalue weighted by Crippen LogP contribution is -2.50. The van der Waals surface area contributed by atoms with Gasteiger partial charge >= 0.3 is 6.03 Å². The molecule has 2 fully saturated rings. The number of carbonyl (C=O) groups is 2. The lowest BCUT2D eigenvalue weighted by molar-refractivity contribution is -0.137. The molecule has 0 spiro atoms. The van der Waals surface area contributed by atoms with Gasteiger partial charge < -0.3 is 15.1 Å². The van der Waals surface area contributed by atoms with Crippen molar-refractivity contribution in [3.05, 3.63) is 0 Å². The van der Waals surface area contributed by atoms with Crippen molar-refractivity contribution in [2.45, 2.75) is 51.0 Å². The van der Waals surface area contributed by atoms with Crippen molar-refractivity contribution in [2.75, 3.05) is 27.2 Å². The zero-order valence-electron chi connectivity index (χ0n) is 12.7. The van der Waals surface area contributed by atoms with Gasteiger partial charge in [-0.2, -0.15) is 0 Å². The van der Waals surface area contributed by atoms with Crippen LogP contribution in [0.4, 0.5) is 4.79 Å². The largest absolute Gasteiger partial charge is 0.342 e. The molecule has 0 radical (unpaired) electrons. The number of amides is 3. The predicted octanol–water partition coefficient (Wildman–Crippen LogP) is 1.83. The summed E-state index contributed by atoms with van der Waals surface area (Å²) in [6.45, 7) is 1.57. The summed E-state index contributed by atoms with van der Waals surface area (Å²) in [6.07, 6.45) is 7.56. The normalized spacial score (nSPS) is 21.6. The molecular weight excluding hydrogens is 254 g/mol. The SMILES string of the molecule is CN(C)C(=O)NC1CCN(C(=O)C2CCCCC2)CC1. The summed E-state index contributed by atoms with van der Waals surface area (Å²) >= 11 is 0. The topological polar surface area (TPSA) is 52.7 Å². The summed E-state index contributed by atoms with van der Waals surface area (Å²) in [5.74, 6) is 0.610. The number of nitrogens with zero attached hydrogens (tertiary/aromatic N) is 2. The molecule has 1 saturated carbocycles. The van der Waals surface area contributed by atoms with E-state index in [9.17, 15) is 9.59 Å². The van der Waals surface area contributed by atoms with Crippen LogP contribution in [0.2, 0.25) is 0 Å². The number of hydrogen-bond acceptors (Lipinski definition) is 2. The number of piperidine rings is 1. The van der Waals surface area contributed by atoms with E-state index in [0.29, 0.717) is 5.91 Å². The van der Waals surface area contributed by atoms with E-state index in [0.717, 1.165) is 38.8 Å². The standard InChI is InChI=1S/C15H27N3O2/c1-17(2)15(20)16-13-8-10-18(11-9-13)14(19)12-6-4-3-5-7-12/h12-13H,3-11H2,1-2H3,(H,16,20). The van der Waals surface area contributed by atoms with Crippen molar-refractivity contribution in [1.29, 1.82) is 0 Å². The molecule has 1 aliphatic carbocycles. The minimum Gasteiger partial charge on any atom is -0.342 e. The maximum Gasteiger partial charge on any atom is 0.317 e. The highest BCUT2D eigenvalue weighted by Gasteiger charge is 2.29. The average molecular weight is 281 g/mol. The molecule has 1 saturated heterocycles. The van der Waals surface area contributed by atoms with Gasteiger partial charge in [-0.3, -0.25) is 4.79 Å². The van der Waals surface area contributed by atoms with Gasteiger partial charge in [0.2, 0.25) is 5.91 Å². The first-order valence-corrected chi connectivity index (χ1v) is 7.84. The third kappa shape index (κ3) is 3.87. The predicted molar refractivity (Wildman–Crippen MR) is 78.4 cm³/mol. The fraction of sp³-hybridized carbons (Fsp3) is 0.867. The molecule has 0 atom stereocenters. The maximum absolute atomic E-state index is 12.4. The Morgan fingerprint density at radius 2 is 1.60 bits per heavy atom. The van der Waals surface area contributed by atoms with Gasteiger partial charge in [0.1, 0.15) is 0 Å². The van der Waals surface area contributed by atoms with Crippen LogP contribution in [0.1, 0.15) is 44.9 Å². The van der Waals surface area contributed by atoms with Crippen LogP contribution in [0, 0.1) is 5.92 Å². The van der Waals surface area contributed by atoms with Gasteiger partial charge in [0.15, 0.2) is 0 Å². The van der Waals surface area contributed by atoms with Crippen LogP contribution in [0.15, 0.2) is 0 Å². The Balaban J connectivity index is 1.76. The second-order valence-electron chi connectivity index (χ2n) is 6.28. The quantitative estimate of drug-likeness (QED) is 0.839. The van der Waals surface area contributed by atoms with E-state index in [4.69, 9.17) is 0 Å². The van der Waals surface area contributed by atoms with Crippen molar-refractivity contribution in [1.82, 2.24) is 15.1 Å². The first-order chi connectivity index (χ1) is 9.58. The van der Waals surface area contributed by atoms with Crippen LogP contribution in [0.3, 0.4) is 0 Å². The summed E-state index contributed by atoms with van der Waals surface area (Å²) in [5, 5.41) is 3.01. The second kappa shape index (κ2) is 6.95. The van der Waals surface area contributed by atoms with Gasteiger partial charge in [0, 0.05) is 39.1 Å². The van der Waals surface area contributed by atoms with E-state index in [1.807, 2.05) is 4.90 Å². The Hall–Kier alpha value is -1.26. The van der Waals surface area contributed by atoms with Crippen LogP contribution < -0.4 is 5.32 Å². The molecule has 0 aromatic rings. The molecule has 0 bridgehead atoms. The Morgan fingerprint density at radius 3 is 2.15 bits per heavy atom. The minimum absolute atomic E-state index is 0.0398. The van der Waals surface area contributed by atoms with Gasteiger partial charge in [0.25, 0.3) is 0 Å². The lowest BCUT2D eigenvalue weighted by Gasteiger charge is -2.35. The molecule has 1 aliphatic heterocycles. The molecule has 20 heavy (non-hydrogen) atoms. The van der Waals surface area contributed by atoms with Gasteiger partial charge in [-0.05, 0) is 25.7 Å². The van der Waals surface area contributed by atoms with E-state index in [1.54, 1.807) is 19.0 Å². The summed E-state index contributed by atoms with van der Waals surface area (Å²) in [6, 6.07) is 0.169. The molecular formula is C15H27N3O2. The van der Waals surface area contributed by atoms with Crippen molar-refractivity contribution >= 4 is 11.9 Å². The van der Waals surface area contributed by atoms with Crippen molar-refractivity contribution in [2.24, 2.45) is 5.92 Å². The molecule has 0 aromatic carbocycles. The van der Waals surface area contributed by atoms with E-state index in [-0.39, 0.29) is 18.0 Å². The zero-order valence-corrected chi connectivity index (χ0v) is 12.7. The summed E-state index contributed by atoms with van der Waals surface area (Å²) in [7, 11) is 3.49. The van der Waals surface area contributed by atoms with Gasteiger partial charge in [0.05, 0.1) is 0 Å². The number of rotatable bonds is 2. The maximum atomic E-state index is 12.4. The molecule has 5 heteroatoms. The molecule has 2 rings (SSSR count). The first-order valence-electron chi connectivity index (χ1n) is 7.84. The Morgan fingerprint density at radius 1 is 1.00 bits per heavy atom. The highest BCUT2D eigenvalue weighted by atomic mass is 16.2. The number of nitrogens with one attached hydrogen (secondary N) is 1. The average Bonchev–Trinajstić information content (AvgIpc) is 2.48. The smallest absolute Gasteiger partial charge is 0.317 e. The van der Waals surface area contributed by atoms with Crippen LogP contribution in [0.5, 0.6) is 0 Å². The molecule has 0 aromatic heterocycles. The van der Waals surface area contributed by atoms with Crippen LogP contribution in [-0.4, -0.2) is 55.0 Å². The summed E-state index contributed by atoms with van der Waals surface area (Å²) in [5.41, 5.74) is 0. The summed E-state index contributed by atoms with van der Waals surface area (Å²) in [4.78, 5) is 27.6. The van der Waals surface area contributed by atoms with Crippen molar-refractivity contribution in [3.8, 4) is 0 Å². The van der Waals surface area contributed by atoms with Crippen LogP contribution in [0.25, 0.3) is 0 Å². The molecule has 1 N–H and O–H groups in total. The fourth-order valence-electron chi connectivity index (χ4n) is 3.16. The van der Waals surface area contributed by atoms with Crippen molar-refractivity contribution < 1.29 is 9.59 Å². The molecule has 5 nitrogen and oxygen atoms in total. The minimum atomic E-state index is -0.0398. The molecule has 1 heterocycles. The van der Waals surface area contributed by atoms with E-state index in [1.165, 1.54) is 19.3 Å². The van der Waals surface area contributed by atoms with Gasteiger partial charge in [-0.15, -0.1) is 0 Å². The fourth-order valence-corrected chi connectivity index (χ4v) is 3.16. The molecule has 114 valence electrons. The first kappa shape index (κ1) is 15.1.